The second kappa shape index (κ2) is 5.74. The van der Waals surface area contributed by atoms with Crippen LogP contribution in [0.1, 0.15) is 36.5 Å². The largest absolute Gasteiger partial charge is 0.416 e. The molecule has 0 heterocycles. The van der Waals surface area contributed by atoms with Crippen molar-refractivity contribution in [2.75, 3.05) is 0 Å². The minimum absolute atomic E-state index is 0.275. The number of aliphatic hydroxyl groups is 1. The Balaban J connectivity index is 2.75. The second-order valence-electron chi connectivity index (χ2n) is 3.74. The van der Waals surface area contributed by atoms with Crippen LogP contribution in [0.4, 0.5) is 13.2 Å². The van der Waals surface area contributed by atoms with Gasteiger partial charge in [0.25, 0.3) is 0 Å². The minimum Gasteiger partial charge on any atom is -0.388 e. The monoisotopic (exact) mass is 242 g/mol. The topological polar surface area (TPSA) is 20.2 Å². The molecule has 0 spiro atoms. The highest BCUT2D eigenvalue weighted by Gasteiger charge is 2.30. The molecule has 0 radical (unpaired) electrons. The van der Waals surface area contributed by atoms with Gasteiger partial charge in [0.2, 0.25) is 0 Å². The maximum absolute atomic E-state index is 12.4. The van der Waals surface area contributed by atoms with Gasteiger partial charge in [-0.25, -0.2) is 0 Å². The standard InChI is InChI=1S/C13H13F3O/c1-2-3-4-8-12(17)10-6-5-7-11(9-10)13(14,15)16/h1,5-7,9,12,17H,3-4,8H2. The van der Waals surface area contributed by atoms with Gasteiger partial charge >= 0.3 is 6.18 Å². The fourth-order valence-electron chi connectivity index (χ4n) is 1.49. The van der Waals surface area contributed by atoms with Crippen LogP contribution in [0.2, 0.25) is 0 Å². The van der Waals surface area contributed by atoms with E-state index >= 15 is 0 Å². The summed E-state index contributed by atoms with van der Waals surface area (Å²) in [4.78, 5) is 0. The summed E-state index contributed by atoms with van der Waals surface area (Å²) in [5, 5.41) is 9.70. The number of halogens is 3. The Labute approximate surface area is 98.3 Å². The molecule has 1 N–H and O–H groups in total. The SMILES string of the molecule is C#CCCCC(O)c1cccc(C(F)(F)F)c1. The molecule has 0 fully saturated rings. The molecule has 1 nitrogen and oxygen atoms in total. The van der Waals surface area contributed by atoms with E-state index in [1.165, 1.54) is 12.1 Å². The van der Waals surface area contributed by atoms with Crippen molar-refractivity contribution in [3.05, 3.63) is 35.4 Å². The van der Waals surface area contributed by atoms with E-state index in [1.54, 1.807) is 0 Å². The van der Waals surface area contributed by atoms with Gasteiger partial charge in [-0.3, -0.25) is 0 Å². The average molecular weight is 242 g/mol. The fraction of sp³-hybridized carbons (Fsp3) is 0.385. The lowest BCUT2D eigenvalue weighted by atomic mass is 10.0. The van der Waals surface area contributed by atoms with Crippen LogP contribution in [0.3, 0.4) is 0 Å². The van der Waals surface area contributed by atoms with Gasteiger partial charge in [-0.05, 0) is 30.5 Å². The highest BCUT2D eigenvalue weighted by Crippen LogP contribution is 2.31. The molecule has 4 heteroatoms. The maximum Gasteiger partial charge on any atom is 0.416 e. The van der Waals surface area contributed by atoms with Gasteiger partial charge in [0.15, 0.2) is 0 Å². The van der Waals surface area contributed by atoms with E-state index in [-0.39, 0.29) is 5.56 Å². The fourth-order valence-corrected chi connectivity index (χ4v) is 1.49. The maximum atomic E-state index is 12.4. The Morgan fingerprint density at radius 2 is 2.06 bits per heavy atom. The third-order valence-corrected chi connectivity index (χ3v) is 2.40. The van der Waals surface area contributed by atoms with Gasteiger partial charge in [0, 0.05) is 6.42 Å². The lowest BCUT2D eigenvalue weighted by Gasteiger charge is -2.13. The Morgan fingerprint density at radius 3 is 2.65 bits per heavy atom. The summed E-state index contributed by atoms with van der Waals surface area (Å²) >= 11 is 0. The van der Waals surface area contributed by atoms with Gasteiger partial charge in [0.1, 0.15) is 0 Å². The number of aliphatic hydroxyl groups excluding tert-OH is 1. The molecule has 0 saturated heterocycles. The van der Waals surface area contributed by atoms with Crippen molar-refractivity contribution in [1.29, 1.82) is 0 Å². The summed E-state index contributed by atoms with van der Waals surface area (Å²) in [5.41, 5.74) is -0.470. The summed E-state index contributed by atoms with van der Waals surface area (Å²) in [5.74, 6) is 2.42. The molecular formula is C13H13F3O. The number of unbranched alkanes of at least 4 members (excludes halogenated alkanes) is 1. The molecule has 1 aromatic carbocycles. The van der Waals surface area contributed by atoms with Crippen LogP contribution in [-0.2, 0) is 6.18 Å². The quantitative estimate of drug-likeness (QED) is 0.632. The summed E-state index contributed by atoms with van der Waals surface area (Å²) in [6, 6.07) is 4.73. The van der Waals surface area contributed by atoms with Crippen molar-refractivity contribution < 1.29 is 18.3 Å². The molecule has 0 bridgehead atoms. The van der Waals surface area contributed by atoms with Gasteiger partial charge in [0.05, 0.1) is 11.7 Å². The van der Waals surface area contributed by atoms with Crippen LogP contribution in [-0.4, -0.2) is 5.11 Å². The average Bonchev–Trinajstić information content (AvgIpc) is 2.28. The van der Waals surface area contributed by atoms with Gasteiger partial charge in [-0.2, -0.15) is 13.2 Å². The second-order valence-corrected chi connectivity index (χ2v) is 3.74. The van der Waals surface area contributed by atoms with Crippen molar-refractivity contribution in [3.63, 3.8) is 0 Å². The molecule has 17 heavy (non-hydrogen) atoms. The molecule has 92 valence electrons. The Morgan fingerprint density at radius 1 is 1.35 bits per heavy atom. The van der Waals surface area contributed by atoms with E-state index < -0.39 is 17.8 Å². The first-order valence-electron chi connectivity index (χ1n) is 5.24. The predicted molar refractivity (Wildman–Crippen MR) is 59.1 cm³/mol. The first kappa shape index (κ1) is 13.6. The number of benzene rings is 1. The van der Waals surface area contributed by atoms with Crippen LogP contribution in [0.25, 0.3) is 0 Å². The molecule has 0 aliphatic rings. The van der Waals surface area contributed by atoms with E-state index in [9.17, 15) is 18.3 Å². The zero-order chi connectivity index (χ0) is 12.9. The molecule has 0 aliphatic heterocycles. The molecule has 0 aliphatic carbocycles. The zero-order valence-electron chi connectivity index (χ0n) is 9.17. The summed E-state index contributed by atoms with van der Waals surface area (Å²) in [7, 11) is 0. The summed E-state index contributed by atoms with van der Waals surface area (Å²) in [6.45, 7) is 0. The van der Waals surface area contributed by atoms with E-state index in [4.69, 9.17) is 6.42 Å². The van der Waals surface area contributed by atoms with Crippen molar-refractivity contribution in [2.45, 2.75) is 31.5 Å². The van der Waals surface area contributed by atoms with Crippen LogP contribution in [0.15, 0.2) is 24.3 Å². The number of hydrogen-bond donors (Lipinski definition) is 1. The molecule has 0 saturated carbocycles. The third-order valence-electron chi connectivity index (χ3n) is 2.40. The van der Waals surface area contributed by atoms with Gasteiger partial charge in [-0.1, -0.05) is 12.1 Å². The van der Waals surface area contributed by atoms with Crippen molar-refractivity contribution >= 4 is 0 Å². The van der Waals surface area contributed by atoms with Crippen LogP contribution < -0.4 is 0 Å². The van der Waals surface area contributed by atoms with E-state index in [1.807, 2.05) is 0 Å². The van der Waals surface area contributed by atoms with E-state index in [2.05, 4.69) is 5.92 Å². The number of alkyl halides is 3. The smallest absolute Gasteiger partial charge is 0.388 e. The van der Waals surface area contributed by atoms with Gasteiger partial charge < -0.3 is 5.11 Å². The van der Waals surface area contributed by atoms with Crippen molar-refractivity contribution in [1.82, 2.24) is 0 Å². The Bertz CT molecular complexity index is 404. The summed E-state index contributed by atoms with van der Waals surface area (Å²) in [6.07, 6.45) is 1.24. The molecular weight excluding hydrogens is 229 g/mol. The predicted octanol–water partition coefficient (Wildman–Crippen LogP) is 3.54. The van der Waals surface area contributed by atoms with Crippen LogP contribution >= 0.6 is 0 Å². The lowest BCUT2D eigenvalue weighted by Crippen LogP contribution is -2.06. The van der Waals surface area contributed by atoms with Crippen LogP contribution in [0, 0.1) is 12.3 Å². The molecule has 1 unspecified atom stereocenters. The molecule has 1 aromatic rings. The first-order chi connectivity index (χ1) is 7.95. The first-order valence-corrected chi connectivity index (χ1v) is 5.24. The summed E-state index contributed by atoms with van der Waals surface area (Å²) < 4.78 is 37.3. The van der Waals surface area contributed by atoms with Crippen molar-refractivity contribution in [2.24, 2.45) is 0 Å². The normalized spacial score (nSPS) is 13.1. The number of rotatable bonds is 4. The highest BCUT2D eigenvalue weighted by atomic mass is 19.4. The Kier molecular flexibility index (Phi) is 4.59. The van der Waals surface area contributed by atoms with Gasteiger partial charge in [-0.15, -0.1) is 12.3 Å². The van der Waals surface area contributed by atoms with Crippen LogP contribution in [0.5, 0.6) is 0 Å². The number of hydrogen-bond acceptors (Lipinski definition) is 1. The molecule has 0 amide bonds. The molecule has 0 aromatic heterocycles. The Hall–Kier alpha value is -1.47. The highest BCUT2D eigenvalue weighted by molar-refractivity contribution is 5.27. The zero-order valence-corrected chi connectivity index (χ0v) is 9.17. The minimum atomic E-state index is -4.38. The van der Waals surface area contributed by atoms with Crippen molar-refractivity contribution in [3.8, 4) is 12.3 Å². The third kappa shape index (κ3) is 4.12. The van der Waals surface area contributed by atoms with E-state index in [0.717, 1.165) is 12.1 Å². The lowest BCUT2D eigenvalue weighted by molar-refractivity contribution is -0.137. The van der Waals surface area contributed by atoms with E-state index in [0.29, 0.717) is 19.3 Å². The molecule has 1 atom stereocenters. The number of terminal acetylenes is 1. The molecule has 1 rings (SSSR count).